The van der Waals surface area contributed by atoms with Crippen LogP contribution in [0.2, 0.25) is 0 Å². The van der Waals surface area contributed by atoms with Crippen LogP contribution in [0.1, 0.15) is 5.56 Å². The number of hydrogen-bond acceptors (Lipinski definition) is 2. The molecule has 0 amide bonds. The minimum Gasteiger partial charge on any atom is -0.303 e. The molecule has 1 aromatic heterocycles. The second-order valence-electron chi connectivity index (χ2n) is 4.38. The molecule has 1 heterocycles. The molecule has 0 saturated heterocycles. The second-order valence-corrected chi connectivity index (χ2v) is 4.38. The number of hydrazone groups is 1. The largest absolute Gasteiger partial charge is 0.303 e. The van der Waals surface area contributed by atoms with Gasteiger partial charge in [-0.05, 0) is 18.2 Å². The van der Waals surface area contributed by atoms with Crippen LogP contribution in [0.15, 0.2) is 53.8 Å². The Hall–Kier alpha value is -2.16. The number of nitrogens with zero attached hydrogens (tertiary/aromatic N) is 3. The molecule has 1 aromatic carbocycles. The topological polar surface area (TPSA) is 19.5 Å². The van der Waals surface area contributed by atoms with Gasteiger partial charge in [-0.3, -0.25) is 0 Å². The van der Waals surface area contributed by atoms with Gasteiger partial charge in [0.2, 0.25) is 5.69 Å². The van der Waals surface area contributed by atoms with E-state index in [0.717, 1.165) is 5.56 Å². The molecule has 0 bridgehead atoms. The van der Waals surface area contributed by atoms with E-state index in [1.165, 1.54) is 11.3 Å². The Labute approximate surface area is 108 Å². The molecule has 0 radical (unpaired) electrons. The minimum atomic E-state index is 1.11. The third-order valence-corrected chi connectivity index (χ3v) is 2.69. The predicted molar refractivity (Wildman–Crippen MR) is 74.3 cm³/mol. The molecule has 0 unspecified atom stereocenters. The molecule has 3 nitrogen and oxygen atoms in total. The maximum atomic E-state index is 4.32. The third kappa shape index (κ3) is 2.74. The quantitative estimate of drug-likeness (QED) is 0.457. The van der Waals surface area contributed by atoms with E-state index in [1.54, 1.807) is 5.01 Å². The smallest absolute Gasteiger partial charge is 0.221 e. The van der Waals surface area contributed by atoms with E-state index in [1.807, 2.05) is 32.4 Å². The van der Waals surface area contributed by atoms with Crippen LogP contribution in [-0.2, 0) is 7.05 Å². The molecule has 2 aromatic rings. The zero-order valence-electron chi connectivity index (χ0n) is 11.0. The van der Waals surface area contributed by atoms with Crippen molar-refractivity contribution in [3.63, 3.8) is 0 Å². The summed E-state index contributed by atoms with van der Waals surface area (Å²) in [6.07, 6.45) is 3.94. The molecule has 0 aliphatic rings. The molecule has 0 N–H and O–H groups in total. The summed E-state index contributed by atoms with van der Waals surface area (Å²) in [5.74, 6) is 0. The first-order valence-corrected chi connectivity index (χ1v) is 5.94. The van der Waals surface area contributed by atoms with Gasteiger partial charge in [0.05, 0.1) is 11.8 Å². The zero-order chi connectivity index (χ0) is 13.0. The van der Waals surface area contributed by atoms with Crippen LogP contribution in [0.4, 0.5) is 0 Å². The molecule has 0 aliphatic heterocycles. The molecule has 0 fully saturated rings. The summed E-state index contributed by atoms with van der Waals surface area (Å²) in [6.45, 7) is 0. The summed E-state index contributed by atoms with van der Waals surface area (Å²) in [6, 6.07) is 14.5. The first kappa shape index (κ1) is 12.3. The maximum Gasteiger partial charge on any atom is 0.221 e. The average Bonchev–Trinajstić information content (AvgIpc) is 2.37. The third-order valence-electron chi connectivity index (χ3n) is 2.69. The van der Waals surface area contributed by atoms with E-state index in [2.05, 4.69) is 53.2 Å². The number of aryl methyl sites for hydroxylation is 1. The standard InChI is InChI=1S/C15H18N3/c1-17(2)16-12-14-10-7-11-18(3)15(14)13-8-5-4-6-9-13/h4-12H,1-3H3/q+1/b16-12+. The fourth-order valence-corrected chi connectivity index (χ4v) is 1.88. The van der Waals surface area contributed by atoms with Crippen molar-refractivity contribution >= 4 is 6.21 Å². The summed E-state index contributed by atoms with van der Waals surface area (Å²) < 4.78 is 2.12. The van der Waals surface area contributed by atoms with E-state index in [9.17, 15) is 0 Å². The summed E-state index contributed by atoms with van der Waals surface area (Å²) in [5.41, 5.74) is 3.48. The Morgan fingerprint density at radius 1 is 1.06 bits per heavy atom. The van der Waals surface area contributed by atoms with E-state index >= 15 is 0 Å². The highest BCUT2D eigenvalue weighted by Crippen LogP contribution is 2.17. The van der Waals surface area contributed by atoms with Crippen molar-refractivity contribution in [2.45, 2.75) is 0 Å². The lowest BCUT2D eigenvalue weighted by Crippen LogP contribution is -2.31. The highest BCUT2D eigenvalue weighted by Gasteiger charge is 2.13. The van der Waals surface area contributed by atoms with Crippen molar-refractivity contribution in [3.05, 3.63) is 54.2 Å². The molecular weight excluding hydrogens is 222 g/mol. The number of pyridine rings is 1. The highest BCUT2D eigenvalue weighted by atomic mass is 15.4. The molecule has 0 spiro atoms. The van der Waals surface area contributed by atoms with Crippen molar-refractivity contribution in [1.29, 1.82) is 0 Å². The van der Waals surface area contributed by atoms with E-state index < -0.39 is 0 Å². The van der Waals surface area contributed by atoms with Gasteiger partial charge >= 0.3 is 0 Å². The lowest BCUT2D eigenvalue weighted by atomic mass is 10.1. The Kier molecular flexibility index (Phi) is 3.72. The lowest BCUT2D eigenvalue weighted by Gasteiger charge is -2.05. The summed E-state index contributed by atoms with van der Waals surface area (Å²) in [7, 11) is 5.89. The van der Waals surface area contributed by atoms with E-state index in [-0.39, 0.29) is 0 Å². The summed E-state index contributed by atoms with van der Waals surface area (Å²) in [4.78, 5) is 0. The molecule has 18 heavy (non-hydrogen) atoms. The van der Waals surface area contributed by atoms with Gasteiger partial charge in [-0.25, -0.2) is 4.57 Å². The Morgan fingerprint density at radius 3 is 2.44 bits per heavy atom. The van der Waals surface area contributed by atoms with Crippen LogP contribution >= 0.6 is 0 Å². The van der Waals surface area contributed by atoms with Crippen molar-refractivity contribution in [2.75, 3.05) is 14.1 Å². The van der Waals surface area contributed by atoms with Crippen LogP contribution in [-0.4, -0.2) is 25.3 Å². The molecule has 0 aliphatic carbocycles. The van der Waals surface area contributed by atoms with Gasteiger partial charge in [0.1, 0.15) is 7.05 Å². The van der Waals surface area contributed by atoms with Crippen molar-refractivity contribution < 1.29 is 4.57 Å². The van der Waals surface area contributed by atoms with Crippen LogP contribution in [0, 0.1) is 0 Å². The minimum absolute atomic E-state index is 1.11. The fraction of sp³-hybridized carbons (Fsp3) is 0.200. The van der Waals surface area contributed by atoms with Crippen LogP contribution < -0.4 is 4.57 Å². The SMILES string of the molecule is CN(C)/N=C/c1ccc[n+](C)c1-c1ccccc1. The Bertz CT molecular complexity index is 545. The fourth-order valence-electron chi connectivity index (χ4n) is 1.88. The predicted octanol–water partition coefficient (Wildman–Crippen LogP) is 2.07. The molecule has 3 heteroatoms. The van der Waals surface area contributed by atoms with Crippen LogP contribution in [0.3, 0.4) is 0 Å². The number of aromatic nitrogens is 1. The monoisotopic (exact) mass is 240 g/mol. The summed E-state index contributed by atoms with van der Waals surface area (Å²) >= 11 is 0. The number of rotatable bonds is 3. The van der Waals surface area contributed by atoms with Gasteiger partial charge in [0.25, 0.3) is 0 Å². The van der Waals surface area contributed by atoms with Crippen molar-refractivity contribution in [3.8, 4) is 11.3 Å². The molecular formula is C15H18N3+. The molecule has 0 saturated carbocycles. The number of benzene rings is 1. The van der Waals surface area contributed by atoms with Crippen molar-refractivity contribution in [2.24, 2.45) is 12.1 Å². The lowest BCUT2D eigenvalue weighted by molar-refractivity contribution is -0.660. The Balaban J connectivity index is 2.52. The second kappa shape index (κ2) is 5.45. The van der Waals surface area contributed by atoms with Gasteiger partial charge < -0.3 is 5.01 Å². The van der Waals surface area contributed by atoms with Gasteiger partial charge in [-0.2, -0.15) is 5.10 Å². The van der Waals surface area contributed by atoms with E-state index in [4.69, 9.17) is 0 Å². The maximum absolute atomic E-state index is 4.32. The molecule has 92 valence electrons. The average molecular weight is 240 g/mol. The zero-order valence-corrected chi connectivity index (χ0v) is 11.0. The van der Waals surface area contributed by atoms with Gasteiger partial charge in [-0.15, -0.1) is 0 Å². The van der Waals surface area contributed by atoms with Gasteiger partial charge in [0, 0.05) is 25.7 Å². The first-order chi connectivity index (χ1) is 8.68. The normalized spacial score (nSPS) is 10.8. The van der Waals surface area contributed by atoms with E-state index in [0.29, 0.717) is 0 Å². The molecule has 2 rings (SSSR count). The van der Waals surface area contributed by atoms with Crippen molar-refractivity contribution in [1.82, 2.24) is 5.01 Å². The van der Waals surface area contributed by atoms with Gasteiger partial charge in [-0.1, -0.05) is 18.2 Å². The number of hydrogen-bond donors (Lipinski definition) is 0. The van der Waals surface area contributed by atoms with Crippen LogP contribution in [0.5, 0.6) is 0 Å². The summed E-state index contributed by atoms with van der Waals surface area (Å²) in [5, 5.41) is 6.11. The Morgan fingerprint density at radius 2 is 1.78 bits per heavy atom. The first-order valence-electron chi connectivity index (χ1n) is 5.94. The van der Waals surface area contributed by atoms with Crippen LogP contribution in [0.25, 0.3) is 11.3 Å². The van der Waals surface area contributed by atoms with Gasteiger partial charge in [0.15, 0.2) is 6.20 Å². The highest BCUT2D eigenvalue weighted by molar-refractivity contribution is 5.87. The molecule has 0 atom stereocenters.